The average molecular weight is 255 g/mol. The van der Waals surface area contributed by atoms with Crippen LogP contribution < -0.4 is 0 Å². The Morgan fingerprint density at radius 1 is 1.00 bits per heavy atom. The second-order valence-corrected chi connectivity index (χ2v) is 4.28. The molecule has 0 radical (unpaired) electrons. The van der Waals surface area contributed by atoms with Gasteiger partial charge in [0.1, 0.15) is 6.61 Å². The first-order chi connectivity index (χ1) is 9.34. The first-order valence-electron chi connectivity index (χ1n) is 6.27. The molecule has 0 saturated heterocycles. The molecule has 1 N–H and O–H groups in total. The van der Waals surface area contributed by atoms with Crippen molar-refractivity contribution in [3.8, 4) is 0 Å². The van der Waals surface area contributed by atoms with Crippen molar-refractivity contribution in [2.45, 2.75) is 12.5 Å². The summed E-state index contributed by atoms with van der Waals surface area (Å²) in [7, 11) is 0. The van der Waals surface area contributed by atoms with Gasteiger partial charge in [0.05, 0.1) is 12.3 Å². The van der Waals surface area contributed by atoms with Gasteiger partial charge in [-0.15, -0.1) is 0 Å². The van der Waals surface area contributed by atoms with E-state index in [-0.39, 0.29) is 6.61 Å². The maximum absolute atomic E-state index is 9.80. The first kappa shape index (κ1) is 13.3. The second kappa shape index (κ2) is 7.34. The van der Waals surface area contributed by atoms with Crippen LogP contribution in [0.15, 0.2) is 65.8 Å². The van der Waals surface area contributed by atoms with Crippen LogP contribution in [0.4, 0.5) is 0 Å². The van der Waals surface area contributed by atoms with E-state index < -0.39 is 6.10 Å². The van der Waals surface area contributed by atoms with Crippen LogP contribution in [0, 0.1) is 0 Å². The lowest BCUT2D eigenvalue weighted by Gasteiger charge is -2.08. The molecule has 0 fully saturated rings. The Bertz CT molecular complexity index is 497. The predicted molar refractivity (Wildman–Crippen MR) is 76.1 cm³/mol. The fourth-order valence-corrected chi connectivity index (χ4v) is 1.71. The van der Waals surface area contributed by atoms with E-state index in [1.165, 1.54) is 0 Å². The Hall–Kier alpha value is -2.13. The molecular formula is C16H17NO2. The third-order valence-electron chi connectivity index (χ3n) is 2.66. The van der Waals surface area contributed by atoms with Gasteiger partial charge < -0.3 is 9.94 Å². The van der Waals surface area contributed by atoms with Gasteiger partial charge in [0.2, 0.25) is 0 Å². The largest absolute Gasteiger partial charge is 0.393 e. The van der Waals surface area contributed by atoms with E-state index in [4.69, 9.17) is 4.84 Å². The molecule has 1 atom stereocenters. The monoisotopic (exact) mass is 255 g/mol. The zero-order chi connectivity index (χ0) is 13.3. The summed E-state index contributed by atoms with van der Waals surface area (Å²) in [6.45, 7) is 0.193. The van der Waals surface area contributed by atoms with Gasteiger partial charge in [0, 0.05) is 6.42 Å². The molecule has 0 spiro atoms. The molecule has 0 saturated carbocycles. The Morgan fingerprint density at radius 2 is 1.63 bits per heavy atom. The molecule has 0 aliphatic heterocycles. The molecule has 0 aromatic heterocycles. The van der Waals surface area contributed by atoms with E-state index in [1.54, 1.807) is 6.21 Å². The van der Waals surface area contributed by atoms with Crippen molar-refractivity contribution in [2.75, 3.05) is 6.61 Å². The van der Waals surface area contributed by atoms with Gasteiger partial charge >= 0.3 is 0 Å². The third-order valence-corrected chi connectivity index (χ3v) is 2.66. The summed E-state index contributed by atoms with van der Waals surface area (Å²) >= 11 is 0. The number of hydrogen-bond acceptors (Lipinski definition) is 3. The van der Waals surface area contributed by atoms with E-state index in [1.807, 2.05) is 60.7 Å². The number of benzene rings is 2. The summed E-state index contributed by atoms with van der Waals surface area (Å²) in [6, 6.07) is 19.5. The minimum atomic E-state index is -0.546. The quantitative estimate of drug-likeness (QED) is 0.637. The highest BCUT2D eigenvalue weighted by Crippen LogP contribution is 2.03. The molecule has 0 aliphatic carbocycles. The van der Waals surface area contributed by atoms with Crippen molar-refractivity contribution < 1.29 is 9.94 Å². The lowest BCUT2D eigenvalue weighted by molar-refractivity contribution is 0.0412. The molecule has 19 heavy (non-hydrogen) atoms. The number of hydrogen-bond donors (Lipinski definition) is 1. The number of oxime groups is 1. The van der Waals surface area contributed by atoms with Crippen LogP contribution in [0.2, 0.25) is 0 Å². The van der Waals surface area contributed by atoms with Crippen molar-refractivity contribution in [1.29, 1.82) is 0 Å². The molecular weight excluding hydrogens is 238 g/mol. The van der Waals surface area contributed by atoms with Gasteiger partial charge in [-0.05, 0) is 11.1 Å². The van der Waals surface area contributed by atoms with E-state index in [9.17, 15) is 5.11 Å². The molecule has 3 heteroatoms. The molecule has 2 aromatic rings. The van der Waals surface area contributed by atoms with Crippen molar-refractivity contribution >= 4 is 6.21 Å². The molecule has 0 heterocycles. The summed E-state index contributed by atoms with van der Waals surface area (Å²) in [4.78, 5) is 5.09. The van der Waals surface area contributed by atoms with Crippen molar-refractivity contribution in [1.82, 2.24) is 0 Å². The van der Waals surface area contributed by atoms with Crippen molar-refractivity contribution in [2.24, 2.45) is 5.16 Å². The summed E-state index contributed by atoms with van der Waals surface area (Å²) in [6.07, 6.45) is 1.66. The molecule has 2 aromatic carbocycles. The maximum atomic E-state index is 9.80. The van der Waals surface area contributed by atoms with Crippen LogP contribution in [0.25, 0.3) is 0 Å². The average Bonchev–Trinajstić information content (AvgIpc) is 2.46. The van der Waals surface area contributed by atoms with Crippen LogP contribution in [0.3, 0.4) is 0 Å². The van der Waals surface area contributed by atoms with E-state index in [0.29, 0.717) is 6.42 Å². The van der Waals surface area contributed by atoms with Crippen LogP contribution in [-0.4, -0.2) is 24.0 Å². The molecule has 98 valence electrons. The Kier molecular flexibility index (Phi) is 5.14. The zero-order valence-electron chi connectivity index (χ0n) is 10.6. The summed E-state index contributed by atoms with van der Waals surface area (Å²) in [5, 5.41) is 13.6. The number of aliphatic hydroxyl groups is 1. The maximum Gasteiger partial charge on any atom is 0.143 e. The lowest BCUT2D eigenvalue weighted by atomic mass is 10.1. The topological polar surface area (TPSA) is 41.8 Å². The minimum absolute atomic E-state index is 0.193. The van der Waals surface area contributed by atoms with Gasteiger partial charge in [-0.25, -0.2) is 0 Å². The molecule has 0 amide bonds. The number of rotatable bonds is 6. The first-order valence-corrected chi connectivity index (χ1v) is 6.27. The summed E-state index contributed by atoms with van der Waals surface area (Å²) in [5.41, 5.74) is 2.06. The van der Waals surface area contributed by atoms with E-state index in [2.05, 4.69) is 5.16 Å². The number of nitrogens with zero attached hydrogens (tertiary/aromatic N) is 1. The third kappa shape index (κ3) is 4.94. The summed E-state index contributed by atoms with van der Waals surface area (Å²) < 4.78 is 0. The Morgan fingerprint density at radius 3 is 2.32 bits per heavy atom. The Labute approximate surface area is 113 Å². The van der Waals surface area contributed by atoms with E-state index >= 15 is 0 Å². The highest BCUT2D eigenvalue weighted by atomic mass is 16.6. The fraction of sp³-hybridized carbons (Fsp3) is 0.188. The van der Waals surface area contributed by atoms with Gasteiger partial charge in [-0.3, -0.25) is 0 Å². The number of aliphatic hydroxyl groups excluding tert-OH is 1. The van der Waals surface area contributed by atoms with Crippen LogP contribution in [0.5, 0.6) is 0 Å². The second-order valence-electron chi connectivity index (χ2n) is 4.28. The molecule has 3 nitrogen and oxygen atoms in total. The molecule has 0 aliphatic rings. The lowest BCUT2D eigenvalue weighted by Crippen LogP contribution is -2.16. The molecule has 2 rings (SSSR count). The zero-order valence-corrected chi connectivity index (χ0v) is 10.6. The van der Waals surface area contributed by atoms with E-state index in [0.717, 1.165) is 11.1 Å². The highest BCUT2D eigenvalue weighted by Gasteiger charge is 2.05. The SMILES string of the molecule is OC(CO/N=C/c1ccccc1)Cc1ccccc1. The van der Waals surface area contributed by atoms with Crippen molar-refractivity contribution in [3.05, 3.63) is 71.8 Å². The molecule has 0 bridgehead atoms. The summed E-state index contributed by atoms with van der Waals surface area (Å²) in [5.74, 6) is 0. The van der Waals surface area contributed by atoms with Gasteiger partial charge in [0.15, 0.2) is 0 Å². The van der Waals surface area contributed by atoms with Crippen LogP contribution in [0.1, 0.15) is 11.1 Å². The standard InChI is InChI=1S/C16H17NO2/c18-16(11-14-7-3-1-4-8-14)13-19-17-12-15-9-5-2-6-10-15/h1-10,12,16,18H,11,13H2/b17-12+. The van der Waals surface area contributed by atoms with Gasteiger partial charge in [-0.1, -0.05) is 65.8 Å². The predicted octanol–water partition coefficient (Wildman–Crippen LogP) is 2.64. The Balaban J connectivity index is 1.72. The van der Waals surface area contributed by atoms with Crippen molar-refractivity contribution in [3.63, 3.8) is 0 Å². The van der Waals surface area contributed by atoms with Gasteiger partial charge in [-0.2, -0.15) is 0 Å². The van der Waals surface area contributed by atoms with Crippen LogP contribution >= 0.6 is 0 Å². The fourth-order valence-electron chi connectivity index (χ4n) is 1.71. The molecule has 1 unspecified atom stereocenters. The minimum Gasteiger partial charge on any atom is -0.393 e. The van der Waals surface area contributed by atoms with Gasteiger partial charge in [0.25, 0.3) is 0 Å². The van der Waals surface area contributed by atoms with Crippen LogP contribution in [-0.2, 0) is 11.3 Å². The normalized spacial score (nSPS) is 12.5. The highest BCUT2D eigenvalue weighted by molar-refractivity contribution is 5.78. The smallest absolute Gasteiger partial charge is 0.143 e.